The summed E-state index contributed by atoms with van der Waals surface area (Å²) in [4.78, 5) is 13.7. The molecule has 1 aromatic rings. The highest BCUT2D eigenvalue weighted by atomic mass is 16.2. The van der Waals surface area contributed by atoms with Crippen molar-refractivity contribution in [3.63, 3.8) is 0 Å². The van der Waals surface area contributed by atoms with E-state index in [0.29, 0.717) is 13.0 Å². The summed E-state index contributed by atoms with van der Waals surface area (Å²) in [6.07, 6.45) is 1.31. The minimum absolute atomic E-state index is 0.146. The number of hydrogen-bond donors (Lipinski definition) is 1. The Balaban J connectivity index is 2.52. The summed E-state index contributed by atoms with van der Waals surface area (Å²) in [6.45, 7) is 2.64. The highest BCUT2D eigenvalue weighted by molar-refractivity contribution is 5.78. The average molecular weight is 220 g/mol. The van der Waals surface area contributed by atoms with Gasteiger partial charge in [0.15, 0.2) is 0 Å². The standard InChI is InChI=1S/C13H20N2O/c1-11(8-9-14)15(2)13(16)10-12-6-4-3-5-7-12/h3-7,11H,8-10,14H2,1-2H3. The van der Waals surface area contributed by atoms with Crippen LogP contribution in [0.3, 0.4) is 0 Å². The number of benzene rings is 1. The second kappa shape index (κ2) is 6.28. The topological polar surface area (TPSA) is 46.3 Å². The van der Waals surface area contributed by atoms with E-state index in [0.717, 1.165) is 12.0 Å². The van der Waals surface area contributed by atoms with E-state index >= 15 is 0 Å². The van der Waals surface area contributed by atoms with Crippen LogP contribution in [0.1, 0.15) is 18.9 Å². The van der Waals surface area contributed by atoms with Crippen molar-refractivity contribution in [1.29, 1.82) is 0 Å². The molecule has 0 radical (unpaired) electrons. The molecule has 1 amide bonds. The SMILES string of the molecule is CC(CCN)N(C)C(=O)Cc1ccccc1. The Labute approximate surface area is 97.2 Å². The quantitative estimate of drug-likeness (QED) is 0.816. The van der Waals surface area contributed by atoms with Crippen molar-refractivity contribution in [2.75, 3.05) is 13.6 Å². The zero-order valence-corrected chi connectivity index (χ0v) is 10.0. The van der Waals surface area contributed by atoms with Crippen LogP contribution >= 0.6 is 0 Å². The lowest BCUT2D eigenvalue weighted by Crippen LogP contribution is -2.37. The molecule has 0 saturated carbocycles. The number of nitrogens with zero attached hydrogens (tertiary/aromatic N) is 1. The molecule has 0 saturated heterocycles. The largest absolute Gasteiger partial charge is 0.343 e. The molecule has 0 heterocycles. The van der Waals surface area contributed by atoms with Gasteiger partial charge in [-0.3, -0.25) is 4.79 Å². The second-order valence-electron chi connectivity index (χ2n) is 4.09. The van der Waals surface area contributed by atoms with Crippen LogP contribution in [0.25, 0.3) is 0 Å². The van der Waals surface area contributed by atoms with Gasteiger partial charge >= 0.3 is 0 Å². The Hall–Kier alpha value is -1.35. The first kappa shape index (κ1) is 12.7. The molecule has 88 valence electrons. The zero-order valence-electron chi connectivity index (χ0n) is 10.0. The number of carbonyl (C=O) groups is 1. The van der Waals surface area contributed by atoms with E-state index in [1.54, 1.807) is 4.90 Å². The number of rotatable bonds is 5. The van der Waals surface area contributed by atoms with E-state index in [2.05, 4.69) is 0 Å². The Bertz CT molecular complexity index is 324. The third kappa shape index (κ3) is 3.66. The zero-order chi connectivity index (χ0) is 12.0. The summed E-state index contributed by atoms with van der Waals surface area (Å²) in [5.41, 5.74) is 6.54. The Kier molecular flexibility index (Phi) is 4.99. The first-order valence-electron chi connectivity index (χ1n) is 5.64. The van der Waals surface area contributed by atoms with Gasteiger partial charge in [-0.15, -0.1) is 0 Å². The first-order valence-corrected chi connectivity index (χ1v) is 5.64. The molecule has 1 aromatic carbocycles. The summed E-state index contributed by atoms with van der Waals surface area (Å²) in [5.74, 6) is 0.146. The molecule has 0 aromatic heterocycles. The van der Waals surface area contributed by atoms with Crippen molar-refractivity contribution in [2.45, 2.75) is 25.8 Å². The highest BCUT2D eigenvalue weighted by Gasteiger charge is 2.14. The lowest BCUT2D eigenvalue weighted by Gasteiger charge is -2.24. The smallest absolute Gasteiger partial charge is 0.226 e. The van der Waals surface area contributed by atoms with Crippen LogP contribution in [-0.4, -0.2) is 30.4 Å². The van der Waals surface area contributed by atoms with E-state index in [4.69, 9.17) is 5.73 Å². The Morgan fingerprint density at radius 2 is 2.00 bits per heavy atom. The molecule has 2 N–H and O–H groups in total. The molecule has 0 aliphatic heterocycles. The average Bonchev–Trinajstić information content (AvgIpc) is 2.29. The molecule has 1 rings (SSSR count). The van der Waals surface area contributed by atoms with E-state index in [9.17, 15) is 4.79 Å². The molecule has 1 unspecified atom stereocenters. The molecule has 3 heteroatoms. The molecule has 0 aliphatic rings. The third-order valence-electron chi connectivity index (χ3n) is 2.84. The summed E-state index contributed by atoms with van der Waals surface area (Å²) < 4.78 is 0. The van der Waals surface area contributed by atoms with Crippen molar-refractivity contribution >= 4 is 5.91 Å². The molecule has 0 spiro atoms. The molecule has 3 nitrogen and oxygen atoms in total. The molecule has 0 fully saturated rings. The van der Waals surface area contributed by atoms with Crippen LogP contribution < -0.4 is 5.73 Å². The molecule has 0 bridgehead atoms. The van der Waals surface area contributed by atoms with Crippen molar-refractivity contribution in [1.82, 2.24) is 4.90 Å². The second-order valence-corrected chi connectivity index (χ2v) is 4.09. The van der Waals surface area contributed by atoms with Gasteiger partial charge in [-0.05, 0) is 25.5 Å². The normalized spacial score (nSPS) is 12.2. The van der Waals surface area contributed by atoms with Crippen molar-refractivity contribution in [2.24, 2.45) is 5.73 Å². The Morgan fingerprint density at radius 1 is 1.38 bits per heavy atom. The van der Waals surface area contributed by atoms with E-state index in [1.807, 2.05) is 44.3 Å². The molecule has 0 aliphatic carbocycles. The van der Waals surface area contributed by atoms with Gasteiger partial charge in [-0.2, -0.15) is 0 Å². The van der Waals surface area contributed by atoms with E-state index < -0.39 is 0 Å². The number of amides is 1. The summed E-state index contributed by atoms with van der Waals surface area (Å²) in [6, 6.07) is 10.0. The number of carbonyl (C=O) groups excluding carboxylic acids is 1. The number of nitrogens with two attached hydrogens (primary N) is 1. The number of hydrogen-bond acceptors (Lipinski definition) is 2. The molecular formula is C13H20N2O. The van der Waals surface area contributed by atoms with Gasteiger partial charge in [0.25, 0.3) is 0 Å². The van der Waals surface area contributed by atoms with Gasteiger partial charge in [0, 0.05) is 13.1 Å². The predicted octanol–water partition coefficient (Wildman–Crippen LogP) is 1.42. The summed E-state index contributed by atoms with van der Waals surface area (Å²) in [5, 5.41) is 0. The Morgan fingerprint density at radius 3 is 2.56 bits per heavy atom. The van der Waals surface area contributed by atoms with Gasteiger partial charge in [0.1, 0.15) is 0 Å². The van der Waals surface area contributed by atoms with Crippen LogP contribution in [0.2, 0.25) is 0 Å². The van der Waals surface area contributed by atoms with Crippen molar-refractivity contribution < 1.29 is 4.79 Å². The van der Waals surface area contributed by atoms with Crippen molar-refractivity contribution in [3.05, 3.63) is 35.9 Å². The van der Waals surface area contributed by atoms with Crippen LogP contribution in [0.5, 0.6) is 0 Å². The van der Waals surface area contributed by atoms with Gasteiger partial charge in [-0.1, -0.05) is 30.3 Å². The van der Waals surface area contributed by atoms with Gasteiger partial charge in [0.2, 0.25) is 5.91 Å². The maximum absolute atomic E-state index is 11.9. The minimum Gasteiger partial charge on any atom is -0.343 e. The monoisotopic (exact) mass is 220 g/mol. The first-order chi connectivity index (χ1) is 7.65. The maximum atomic E-state index is 11.9. The lowest BCUT2D eigenvalue weighted by molar-refractivity contribution is -0.131. The fourth-order valence-corrected chi connectivity index (χ4v) is 1.58. The molecule has 16 heavy (non-hydrogen) atoms. The van der Waals surface area contributed by atoms with Crippen LogP contribution in [0.15, 0.2) is 30.3 Å². The van der Waals surface area contributed by atoms with Crippen LogP contribution in [0, 0.1) is 0 Å². The predicted molar refractivity (Wildman–Crippen MR) is 66.0 cm³/mol. The number of likely N-dealkylation sites (N-methyl/N-ethyl adjacent to an activating group) is 1. The van der Waals surface area contributed by atoms with Crippen LogP contribution in [-0.2, 0) is 11.2 Å². The minimum atomic E-state index is 0.146. The highest BCUT2D eigenvalue weighted by Crippen LogP contribution is 2.06. The van der Waals surface area contributed by atoms with Gasteiger partial charge < -0.3 is 10.6 Å². The summed E-state index contributed by atoms with van der Waals surface area (Å²) in [7, 11) is 1.84. The van der Waals surface area contributed by atoms with E-state index in [1.165, 1.54) is 0 Å². The maximum Gasteiger partial charge on any atom is 0.226 e. The fourth-order valence-electron chi connectivity index (χ4n) is 1.58. The summed E-state index contributed by atoms with van der Waals surface area (Å²) >= 11 is 0. The van der Waals surface area contributed by atoms with E-state index in [-0.39, 0.29) is 11.9 Å². The van der Waals surface area contributed by atoms with Gasteiger partial charge in [0.05, 0.1) is 6.42 Å². The lowest BCUT2D eigenvalue weighted by atomic mass is 10.1. The van der Waals surface area contributed by atoms with Gasteiger partial charge in [-0.25, -0.2) is 0 Å². The molecule has 1 atom stereocenters. The third-order valence-corrected chi connectivity index (χ3v) is 2.84. The van der Waals surface area contributed by atoms with Crippen LogP contribution in [0.4, 0.5) is 0 Å². The molecular weight excluding hydrogens is 200 g/mol. The fraction of sp³-hybridized carbons (Fsp3) is 0.462. The van der Waals surface area contributed by atoms with Crippen molar-refractivity contribution in [3.8, 4) is 0 Å².